The maximum Gasteiger partial charge on any atom is 0.239 e. The van der Waals surface area contributed by atoms with E-state index in [1.54, 1.807) is 0 Å². The topological polar surface area (TPSA) is 22.0 Å². The van der Waals surface area contributed by atoms with E-state index < -0.39 is 0 Å². The molecule has 0 aliphatic carbocycles. The second-order valence-corrected chi connectivity index (χ2v) is 6.06. The molecule has 2 unspecified atom stereocenters. The van der Waals surface area contributed by atoms with Crippen LogP contribution in [0.25, 0.3) is 0 Å². The third-order valence-electron chi connectivity index (χ3n) is 2.94. The Kier molecular flexibility index (Phi) is 1.56. The van der Waals surface area contributed by atoms with Crippen molar-refractivity contribution in [3.05, 3.63) is 18.3 Å². The van der Waals surface area contributed by atoms with Gasteiger partial charge >= 0.3 is 0 Å². The Morgan fingerprint density at radius 1 is 1.54 bits per heavy atom. The SMILES string of the molecule is O=C1CC2CCC[S+]2c2cccn21. The zero-order chi connectivity index (χ0) is 8.84. The highest BCUT2D eigenvalue weighted by molar-refractivity contribution is 7.97. The van der Waals surface area contributed by atoms with Crippen molar-refractivity contribution in [1.29, 1.82) is 0 Å². The van der Waals surface area contributed by atoms with Crippen molar-refractivity contribution in [2.75, 3.05) is 5.75 Å². The second-order valence-electron chi connectivity index (χ2n) is 3.71. The zero-order valence-electron chi connectivity index (χ0n) is 7.40. The van der Waals surface area contributed by atoms with Gasteiger partial charge in [-0.25, -0.2) is 4.57 Å². The molecule has 1 aromatic heterocycles. The van der Waals surface area contributed by atoms with Crippen LogP contribution in [-0.2, 0) is 10.9 Å². The summed E-state index contributed by atoms with van der Waals surface area (Å²) in [5.74, 6) is 1.61. The van der Waals surface area contributed by atoms with E-state index in [4.69, 9.17) is 0 Å². The first-order chi connectivity index (χ1) is 6.36. The molecule has 3 rings (SSSR count). The van der Waals surface area contributed by atoms with E-state index >= 15 is 0 Å². The summed E-state index contributed by atoms with van der Waals surface area (Å²) in [5.41, 5.74) is 0. The van der Waals surface area contributed by atoms with Crippen molar-refractivity contribution in [2.24, 2.45) is 0 Å². The van der Waals surface area contributed by atoms with E-state index in [1.165, 1.54) is 23.6 Å². The number of hydrogen-bond donors (Lipinski definition) is 0. The number of carbonyl (C=O) groups excluding carboxylic acids is 1. The fraction of sp³-hybridized carbons (Fsp3) is 0.500. The maximum atomic E-state index is 11.7. The van der Waals surface area contributed by atoms with Gasteiger partial charge in [-0.2, -0.15) is 0 Å². The van der Waals surface area contributed by atoms with Crippen molar-refractivity contribution in [2.45, 2.75) is 29.5 Å². The number of hydrogen-bond acceptors (Lipinski definition) is 1. The lowest BCUT2D eigenvalue weighted by Gasteiger charge is -2.17. The molecule has 1 saturated heterocycles. The van der Waals surface area contributed by atoms with Crippen molar-refractivity contribution in [1.82, 2.24) is 4.57 Å². The molecular weight excluding hydrogens is 182 g/mol. The predicted molar refractivity (Wildman–Crippen MR) is 53.2 cm³/mol. The molecule has 2 aliphatic heterocycles. The van der Waals surface area contributed by atoms with Crippen LogP contribution in [0.3, 0.4) is 0 Å². The number of fused-ring (bicyclic) bond motifs is 3. The molecular formula is C10H12NOS+. The number of rotatable bonds is 0. The summed E-state index contributed by atoms with van der Waals surface area (Å²) in [6, 6.07) is 4.12. The van der Waals surface area contributed by atoms with Crippen molar-refractivity contribution >= 4 is 16.8 Å². The van der Waals surface area contributed by atoms with E-state index in [2.05, 4.69) is 6.07 Å². The molecule has 13 heavy (non-hydrogen) atoms. The number of nitrogens with zero attached hydrogens (tertiary/aromatic N) is 1. The minimum absolute atomic E-state index is 0.302. The summed E-state index contributed by atoms with van der Waals surface area (Å²) in [6.45, 7) is 0. The first-order valence-electron chi connectivity index (χ1n) is 4.76. The van der Waals surface area contributed by atoms with Gasteiger partial charge in [-0.3, -0.25) is 4.79 Å². The van der Waals surface area contributed by atoms with Gasteiger partial charge in [0.25, 0.3) is 0 Å². The van der Waals surface area contributed by atoms with Gasteiger partial charge in [0.2, 0.25) is 10.9 Å². The second kappa shape index (κ2) is 2.64. The van der Waals surface area contributed by atoms with Gasteiger partial charge < -0.3 is 0 Å². The van der Waals surface area contributed by atoms with Crippen LogP contribution in [0.1, 0.15) is 24.1 Å². The maximum absolute atomic E-state index is 11.7. The average molecular weight is 194 g/mol. The van der Waals surface area contributed by atoms with Crippen LogP contribution in [0, 0.1) is 0 Å². The number of carbonyl (C=O) groups is 1. The summed E-state index contributed by atoms with van der Waals surface area (Å²) in [5, 5.41) is 1.97. The van der Waals surface area contributed by atoms with Gasteiger partial charge in [-0.15, -0.1) is 0 Å². The highest BCUT2D eigenvalue weighted by Gasteiger charge is 2.45. The fourth-order valence-electron chi connectivity index (χ4n) is 2.33. The van der Waals surface area contributed by atoms with Crippen LogP contribution in [0.15, 0.2) is 23.4 Å². The Morgan fingerprint density at radius 2 is 2.46 bits per heavy atom. The lowest BCUT2D eigenvalue weighted by atomic mass is 10.2. The molecule has 2 nitrogen and oxygen atoms in total. The van der Waals surface area contributed by atoms with Gasteiger partial charge in [-0.05, 0) is 12.5 Å². The van der Waals surface area contributed by atoms with Crippen molar-refractivity contribution < 1.29 is 4.79 Å². The first-order valence-corrected chi connectivity index (χ1v) is 6.22. The summed E-state index contributed by atoms with van der Waals surface area (Å²) in [4.78, 5) is 11.7. The third kappa shape index (κ3) is 0.998. The quantitative estimate of drug-likeness (QED) is 0.576. The Labute approximate surface area is 80.3 Å². The van der Waals surface area contributed by atoms with Gasteiger partial charge in [0.15, 0.2) is 0 Å². The van der Waals surface area contributed by atoms with Crippen LogP contribution in [-0.4, -0.2) is 21.5 Å². The average Bonchev–Trinajstić information content (AvgIpc) is 2.66. The van der Waals surface area contributed by atoms with Crippen molar-refractivity contribution in [3.8, 4) is 0 Å². The largest absolute Gasteiger partial charge is 0.274 e. The predicted octanol–water partition coefficient (Wildman–Crippen LogP) is 1.67. The molecule has 1 fully saturated rings. The van der Waals surface area contributed by atoms with Crippen molar-refractivity contribution in [3.63, 3.8) is 0 Å². The Morgan fingerprint density at radius 3 is 3.38 bits per heavy atom. The lowest BCUT2D eigenvalue weighted by molar-refractivity contribution is 0.0887. The molecule has 2 atom stereocenters. The molecule has 0 amide bonds. The molecule has 0 N–H and O–H groups in total. The Bertz CT molecular complexity index is 358. The molecule has 2 aliphatic rings. The summed E-state index contributed by atoms with van der Waals surface area (Å²) in [6.07, 6.45) is 5.27. The molecule has 0 aromatic carbocycles. The molecule has 3 heterocycles. The molecule has 0 radical (unpaired) electrons. The highest BCUT2D eigenvalue weighted by Crippen LogP contribution is 2.35. The van der Waals surface area contributed by atoms with Crippen LogP contribution >= 0.6 is 0 Å². The highest BCUT2D eigenvalue weighted by atomic mass is 32.2. The van der Waals surface area contributed by atoms with Crippen LogP contribution in [0.2, 0.25) is 0 Å². The molecule has 68 valence electrons. The Hall–Kier alpha value is -0.700. The first kappa shape index (κ1) is 7.68. The van der Waals surface area contributed by atoms with Gasteiger partial charge in [0, 0.05) is 29.6 Å². The third-order valence-corrected chi connectivity index (χ3v) is 5.75. The summed E-state index contributed by atoms with van der Waals surface area (Å²) in [7, 11) is 0.392. The van der Waals surface area contributed by atoms with E-state index in [0.29, 0.717) is 22.1 Å². The van der Waals surface area contributed by atoms with E-state index in [0.717, 1.165) is 6.42 Å². The van der Waals surface area contributed by atoms with Gasteiger partial charge in [0.05, 0.1) is 6.42 Å². The smallest absolute Gasteiger partial charge is 0.239 e. The molecule has 0 saturated carbocycles. The van der Waals surface area contributed by atoms with Crippen LogP contribution in [0.4, 0.5) is 0 Å². The Balaban J connectivity index is 2.12. The fourth-order valence-corrected chi connectivity index (χ4v) is 5.16. The minimum Gasteiger partial charge on any atom is -0.274 e. The molecule has 0 spiro atoms. The summed E-state index contributed by atoms with van der Waals surface area (Å²) < 4.78 is 1.87. The van der Waals surface area contributed by atoms with E-state index in [9.17, 15) is 4.79 Å². The van der Waals surface area contributed by atoms with Gasteiger partial charge in [0.1, 0.15) is 11.0 Å². The van der Waals surface area contributed by atoms with Crippen LogP contribution in [0.5, 0.6) is 0 Å². The minimum atomic E-state index is 0.302. The van der Waals surface area contributed by atoms with E-state index in [-0.39, 0.29) is 0 Å². The molecule has 1 aromatic rings. The standard InChI is InChI=1S/C10H12NOS/c12-9-7-8-3-2-6-13(8)10-4-1-5-11(9)10/h1,4-5,8H,2-3,6-7H2/q+1. The normalized spacial score (nSPS) is 31.5. The molecule has 0 bridgehead atoms. The van der Waals surface area contributed by atoms with E-state index in [1.807, 2.05) is 16.8 Å². The summed E-state index contributed by atoms with van der Waals surface area (Å²) >= 11 is 0. The lowest BCUT2D eigenvalue weighted by Crippen LogP contribution is -2.32. The van der Waals surface area contributed by atoms with Crippen LogP contribution < -0.4 is 0 Å². The van der Waals surface area contributed by atoms with Gasteiger partial charge in [-0.1, -0.05) is 0 Å². The zero-order valence-corrected chi connectivity index (χ0v) is 8.22. The monoisotopic (exact) mass is 194 g/mol. The number of aromatic nitrogens is 1. The molecule has 3 heteroatoms.